The Morgan fingerprint density at radius 3 is 1.74 bits per heavy atom. The molecule has 0 aliphatic heterocycles. The first kappa shape index (κ1) is 26.3. The molecule has 0 bridgehead atoms. The van der Waals surface area contributed by atoms with E-state index in [0.29, 0.717) is 0 Å². The van der Waals surface area contributed by atoms with Gasteiger partial charge < -0.3 is 9.32 Å². The van der Waals surface area contributed by atoms with E-state index >= 15 is 0 Å². The molecule has 0 spiro atoms. The van der Waals surface area contributed by atoms with Crippen molar-refractivity contribution in [3.8, 4) is 22.3 Å². The minimum absolute atomic E-state index is 0.866. The number of furan rings is 1. The molecule has 0 atom stereocenters. The lowest BCUT2D eigenvalue weighted by Gasteiger charge is -2.26. The SMILES string of the molecule is c1ccc(-c2ccc(N(c3ccc4ccccc4c3)c3cccc4c3oc3c(-c5ccccc5)c5ccccc5cc34)cc2)cc1. The van der Waals surface area contributed by atoms with Crippen LogP contribution < -0.4 is 4.90 Å². The van der Waals surface area contributed by atoms with E-state index in [0.717, 1.165) is 50.1 Å². The summed E-state index contributed by atoms with van der Waals surface area (Å²) in [5.41, 5.74) is 9.57. The fourth-order valence-corrected chi connectivity index (χ4v) is 6.82. The zero-order chi connectivity index (χ0) is 30.5. The minimum atomic E-state index is 0.866. The molecule has 0 saturated carbocycles. The van der Waals surface area contributed by atoms with Crippen molar-refractivity contribution >= 4 is 60.5 Å². The summed E-state index contributed by atoms with van der Waals surface area (Å²) >= 11 is 0. The van der Waals surface area contributed by atoms with E-state index in [4.69, 9.17) is 4.42 Å². The van der Waals surface area contributed by atoms with E-state index in [1.54, 1.807) is 0 Å². The number of nitrogens with zero attached hydrogens (tertiary/aromatic N) is 1. The Bertz CT molecular complexity index is 2510. The maximum absolute atomic E-state index is 7.04. The highest BCUT2D eigenvalue weighted by Crippen LogP contribution is 2.46. The first-order valence-corrected chi connectivity index (χ1v) is 15.7. The van der Waals surface area contributed by atoms with Crippen molar-refractivity contribution < 1.29 is 4.42 Å². The van der Waals surface area contributed by atoms with Crippen LogP contribution in [0.25, 0.3) is 65.7 Å². The molecule has 8 aromatic carbocycles. The fraction of sp³-hybridized carbons (Fsp3) is 0. The van der Waals surface area contributed by atoms with Gasteiger partial charge in [-0.15, -0.1) is 0 Å². The highest BCUT2D eigenvalue weighted by molar-refractivity contribution is 6.20. The van der Waals surface area contributed by atoms with E-state index < -0.39 is 0 Å². The summed E-state index contributed by atoms with van der Waals surface area (Å²) in [4.78, 5) is 2.33. The lowest BCUT2D eigenvalue weighted by molar-refractivity contribution is 0.670. The Morgan fingerprint density at radius 2 is 0.957 bits per heavy atom. The van der Waals surface area contributed by atoms with Crippen LogP contribution in [0, 0.1) is 0 Å². The second-order valence-electron chi connectivity index (χ2n) is 11.8. The molecule has 0 aliphatic carbocycles. The lowest BCUT2D eigenvalue weighted by Crippen LogP contribution is -2.10. The van der Waals surface area contributed by atoms with Crippen LogP contribution in [0.5, 0.6) is 0 Å². The van der Waals surface area contributed by atoms with Gasteiger partial charge in [0.2, 0.25) is 0 Å². The fourth-order valence-electron chi connectivity index (χ4n) is 6.82. The summed E-state index contributed by atoms with van der Waals surface area (Å²) in [5, 5.41) is 7.01. The van der Waals surface area contributed by atoms with Gasteiger partial charge in [-0.2, -0.15) is 0 Å². The number of fused-ring (bicyclic) bond motifs is 5. The summed E-state index contributed by atoms with van der Waals surface area (Å²) in [6, 6.07) is 62.6. The van der Waals surface area contributed by atoms with E-state index in [-0.39, 0.29) is 0 Å². The molecule has 9 rings (SSSR count). The van der Waals surface area contributed by atoms with Crippen LogP contribution in [0.4, 0.5) is 17.1 Å². The first-order valence-electron chi connectivity index (χ1n) is 15.7. The van der Waals surface area contributed by atoms with E-state index in [9.17, 15) is 0 Å². The molecule has 46 heavy (non-hydrogen) atoms. The topological polar surface area (TPSA) is 16.4 Å². The predicted molar refractivity (Wildman–Crippen MR) is 194 cm³/mol. The zero-order valence-corrected chi connectivity index (χ0v) is 25.1. The van der Waals surface area contributed by atoms with Crippen molar-refractivity contribution in [1.29, 1.82) is 0 Å². The summed E-state index contributed by atoms with van der Waals surface area (Å²) < 4.78 is 7.04. The molecule has 0 saturated heterocycles. The Morgan fingerprint density at radius 1 is 0.348 bits per heavy atom. The highest BCUT2D eigenvalue weighted by Gasteiger charge is 2.22. The standard InChI is InChI=1S/C44H29NO/c1-3-12-30(13-4-1)32-22-25-36(26-23-32)45(37-27-24-31-14-7-8-17-34(31)28-37)41-21-11-20-39-40-29-35-18-9-10-19-38(35)42(44(40)46-43(39)41)33-15-5-2-6-16-33/h1-29H. The summed E-state index contributed by atoms with van der Waals surface area (Å²) in [5.74, 6) is 0. The van der Waals surface area contributed by atoms with E-state index in [2.05, 4.69) is 181 Å². The number of anilines is 3. The maximum atomic E-state index is 7.04. The minimum Gasteiger partial charge on any atom is -0.453 e. The monoisotopic (exact) mass is 587 g/mol. The molecule has 0 radical (unpaired) electrons. The third-order valence-corrected chi connectivity index (χ3v) is 9.02. The van der Waals surface area contributed by atoms with Gasteiger partial charge in [-0.25, -0.2) is 0 Å². The summed E-state index contributed by atoms with van der Waals surface area (Å²) in [6.45, 7) is 0. The van der Waals surface area contributed by atoms with Gasteiger partial charge in [-0.1, -0.05) is 140 Å². The quantitative estimate of drug-likeness (QED) is 0.199. The number of hydrogen-bond acceptors (Lipinski definition) is 2. The Labute approximate surface area is 267 Å². The summed E-state index contributed by atoms with van der Waals surface area (Å²) in [6.07, 6.45) is 0. The average molecular weight is 588 g/mol. The zero-order valence-electron chi connectivity index (χ0n) is 25.1. The van der Waals surface area contributed by atoms with Gasteiger partial charge in [0, 0.05) is 27.7 Å². The molecule has 0 fully saturated rings. The third kappa shape index (κ3) is 4.35. The summed E-state index contributed by atoms with van der Waals surface area (Å²) in [7, 11) is 0. The molecular formula is C44H29NO. The second kappa shape index (κ2) is 10.8. The lowest BCUT2D eigenvalue weighted by atomic mass is 9.95. The van der Waals surface area contributed by atoms with Crippen molar-refractivity contribution in [2.45, 2.75) is 0 Å². The largest absolute Gasteiger partial charge is 0.453 e. The predicted octanol–water partition coefficient (Wildman–Crippen LogP) is 12.7. The molecule has 1 aromatic heterocycles. The molecule has 0 unspecified atom stereocenters. The van der Waals surface area contributed by atoms with Gasteiger partial charge in [0.05, 0.1) is 5.69 Å². The normalized spacial score (nSPS) is 11.5. The molecule has 0 N–H and O–H groups in total. The van der Waals surface area contributed by atoms with Crippen LogP contribution in [0.2, 0.25) is 0 Å². The van der Waals surface area contributed by atoms with Gasteiger partial charge >= 0.3 is 0 Å². The highest BCUT2D eigenvalue weighted by atomic mass is 16.3. The van der Waals surface area contributed by atoms with E-state index in [1.165, 1.54) is 32.7 Å². The van der Waals surface area contributed by atoms with Crippen molar-refractivity contribution in [3.05, 3.63) is 176 Å². The Hall–Kier alpha value is -6.12. The number of hydrogen-bond donors (Lipinski definition) is 0. The molecule has 0 aliphatic rings. The molecule has 2 nitrogen and oxygen atoms in total. The van der Waals surface area contributed by atoms with Crippen LogP contribution in [0.15, 0.2) is 180 Å². The molecule has 216 valence electrons. The average Bonchev–Trinajstić information content (AvgIpc) is 3.50. The molecule has 2 heteroatoms. The Kier molecular flexibility index (Phi) is 6.17. The van der Waals surface area contributed by atoms with Crippen molar-refractivity contribution in [1.82, 2.24) is 0 Å². The molecular weight excluding hydrogens is 558 g/mol. The second-order valence-corrected chi connectivity index (χ2v) is 11.8. The molecule has 0 amide bonds. The van der Waals surface area contributed by atoms with Crippen LogP contribution in [0.1, 0.15) is 0 Å². The van der Waals surface area contributed by atoms with Gasteiger partial charge in [0.25, 0.3) is 0 Å². The van der Waals surface area contributed by atoms with Crippen LogP contribution in [-0.4, -0.2) is 0 Å². The van der Waals surface area contributed by atoms with E-state index in [1.807, 2.05) is 0 Å². The van der Waals surface area contributed by atoms with Crippen LogP contribution in [0.3, 0.4) is 0 Å². The number of benzene rings is 8. The first-order chi connectivity index (χ1) is 22.8. The van der Waals surface area contributed by atoms with Crippen molar-refractivity contribution in [3.63, 3.8) is 0 Å². The van der Waals surface area contributed by atoms with Gasteiger partial charge in [0.15, 0.2) is 5.58 Å². The smallest absolute Gasteiger partial charge is 0.159 e. The number of para-hydroxylation sites is 1. The van der Waals surface area contributed by atoms with Crippen LogP contribution in [-0.2, 0) is 0 Å². The molecule has 9 aromatic rings. The molecule has 1 heterocycles. The maximum Gasteiger partial charge on any atom is 0.159 e. The van der Waals surface area contributed by atoms with Crippen molar-refractivity contribution in [2.24, 2.45) is 0 Å². The number of rotatable bonds is 5. The third-order valence-electron chi connectivity index (χ3n) is 9.02. The van der Waals surface area contributed by atoms with Gasteiger partial charge in [-0.05, 0) is 74.6 Å². The van der Waals surface area contributed by atoms with Gasteiger partial charge in [-0.3, -0.25) is 0 Å². The van der Waals surface area contributed by atoms with Crippen molar-refractivity contribution in [2.75, 3.05) is 4.90 Å². The van der Waals surface area contributed by atoms with Gasteiger partial charge in [0.1, 0.15) is 5.58 Å². The van der Waals surface area contributed by atoms with Crippen LogP contribution >= 0.6 is 0 Å². The Balaban J connectivity index is 1.31.